The number of carbonyl (C=O) groups excluding carboxylic acids is 2. The lowest BCUT2D eigenvalue weighted by molar-refractivity contribution is -0.123. The van der Waals surface area contributed by atoms with Crippen molar-refractivity contribution in [2.24, 2.45) is 0 Å². The van der Waals surface area contributed by atoms with Gasteiger partial charge in [0.05, 0.1) is 11.5 Å². The highest BCUT2D eigenvalue weighted by Crippen LogP contribution is 2.31. The number of nitrogens with one attached hydrogen (secondary N) is 3. The number of benzene rings is 1. The molecular weight excluding hydrogens is 370 g/mol. The molecular formula is C21H25N5O3. The number of rotatable bonds is 4. The molecule has 3 heterocycles. The molecule has 2 amide bonds. The zero-order valence-corrected chi connectivity index (χ0v) is 16.6. The van der Waals surface area contributed by atoms with Crippen LogP contribution in [0.2, 0.25) is 0 Å². The van der Waals surface area contributed by atoms with Gasteiger partial charge in [0.1, 0.15) is 5.82 Å². The van der Waals surface area contributed by atoms with E-state index in [0.29, 0.717) is 17.6 Å². The Kier molecular flexibility index (Phi) is 5.08. The maximum absolute atomic E-state index is 12.9. The number of aromatic amines is 1. The van der Waals surface area contributed by atoms with E-state index in [0.717, 1.165) is 25.9 Å². The molecule has 0 bridgehead atoms. The average molecular weight is 395 g/mol. The van der Waals surface area contributed by atoms with Gasteiger partial charge in [0.2, 0.25) is 17.8 Å². The molecule has 0 spiro atoms. The summed E-state index contributed by atoms with van der Waals surface area (Å²) in [6.07, 6.45) is 1.98. The summed E-state index contributed by atoms with van der Waals surface area (Å²) in [5.74, 6) is -0.576. The second kappa shape index (κ2) is 7.69. The van der Waals surface area contributed by atoms with Crippen LogP contribution in [0.15, 0.2) is 29.1 Å². The number of nitrogens with zero attached hydrogens (tertiary/aromatic N) is 2. The maximum atomic E-state index is 12.9. The molecule has 1 saturated heterocycles. The van der Waals surface area contributed by atoms with Gasteiger partial charge in [0.25, 0.3) is 5.56 Å². The Morgan fingerprint density at radius 1 is 1.17 bits per heavy atom. The Labute approximate surface area is 168 Å². The standard InChI is InChI=1S/C21H25N5O3/c1-12(2)13-5-7-14(8-6-13)22-19(28)15-11-16(27)23-18-17(15)20(29)25-21(24-18)26-9-3-4-10-26/h5-8,12,15H,3-4,9-11H2,1-2H3,(H,22,28)(H2,23,24,25,27,29). The third-order valence-electron chi connectivity index (χ3n) is 5.51. The predicted octanol–water partition coefficient (Wildman–Crippen LogP) is 2.56. The van der Waals surface area contributed by atoms with Crippen LogP contribution < -0.4 is 21.1 Å². The molecule has 1 aromatic carbocycles. The monoisotopic (exact) mass is 395 g/mol. The Morgan fingerprint density at radius 3 is 2.52 bits per heavy atom. The first-order chi connectivity index (χ1) is 13.9. The first-order valence-electron chi connectivity index (χ1n) is 10.0. The van der Waals surface area contributed by atoms with Crippen molar-refractivity contribution < 1.29 is 9.59 Å². The highest BCUT2D eigenvalue weighted by atomic mass is 16.2. The number of hydrogen-bond donors (Lipinski definition) is 3. The highest BCUT2D eigenvalue weighted by Gasteiger charge is 2.35. The molecule has 1 unspecified atom stereocenters. The fourth-order valence-electron chi connectivity index (χ4n) is 3.84. The summed E-state index contributed by atoms with van der Waals surface area (Å²) >= 11 is 0. The molecule has 0 saturated carbocycles. The van der Waals surface area contributed by atoms with Crippen molar-refractivity contribution in [2.75, 3.05) is 28.6 Å². The molecule has 2 aliphatic rings. The second-order valence-corrected chi connectivity index (χ2v) is 7.92. The van der Waals surface area contributed by atoms with Crippen LogP contribution in [0.1, 0.15) is 56.1 Å². The first-order valence-corrected chi connectivity index (χ1v) is 10.0. The Hall–Kier alpha value is -3.16. The predicted molar refractivity (Wildman–Crippen MR) is 111 cm³/mol. The summed E-state index contributed by atoms with van der Waals surface area (Å²) < 4.78 is 0. The van der Waals surface area contributed by atoms with Crippen LogP contribution in [0.5, 0.6) is 0 Å². The summed E-state index contributed by atoms with van der Waals surface area (Å²) in [4.78, 5) is 47.1. The number of amides is 2. The number of aromatic nitrogens is 2. The molecule has 4 rings (SSSR count). The van der Waals surface area contributed by atoms with Crippen molar-refractivity contribution in [1.82, 2.24) is 9.97 Å². The molecule has 0 radical (unpaired) electrons. The van der Waals surface area contributed by atoms with E-state index in [9.17, 15) is 14.4 Å². The van der Waals surface area contributed by atoms with Gasteiger partial charge in [0.15, 0.2) is 0 Å². The van der Waals surface area contributed by atoms with Crippen molar-refractivity contribution in [3.8, 4) is 0 Å². The van der Waals surface area contributed by atoms with Gasteiger partial charge < -0.3 is 15.5 Å². The molecule has 2 aliphatic heterocycles. The molecule has 29 heavy (non-hydrogen) atoms. The summed E-state index contributed by atoms with van der Waals surface area (Å²) in [5.41, 5.74) is 1.63. The number of anilines is 3. The molecule has 1 aromatic heterocycles. The number of hydrogen-bond acceptors (Lipinski definition) is 5. The lowest BCUT2D eigenvalue weighted by Gasteiger charge is -2.25. The Bertz CT molecular complexity index is 990. The van der Waals surface area contributed by atoms with Gasteiger partial charge in [-0.2, -0.15) is 4.98 Å². The van der Waals surface area contributed by atoms with Crippen LogP contribution in [0, 0.1) is 0 Å². The molecule has 0 aliphatic carbocycles. The van der Waals surface area contributed by atoms with Crippen molar-refractivity contribution in [2.45, 2.75) is 44.9 Å². The quantitative estimate of drug-likeness (QED) is 0.738. The molecule has 8 nitrogen and oxygen atoms in total. The van der Waals surface area contributed by atoms with Crippen molar-refractivity contribution in [3.05, 3.63) is 45.7 Å². The van der Waals surface area contributed by atoms with E-state index in [1.54, 1.807) is 0 Å². The maximum Gasteiger partial charge on any atom is 0.258 e. The molecule has 1 fully saturated rings. The molecule has 1 atom stereocenters. The van der Waals surface area contributed by atoms with E-state index in [-0.39, 0.29) is 35.2 Å². The fourth-order valence-corrected chi connectivity index (χ4v) is 3.84. The number of carbonyl (C=O) groups is 2. The van der Waals surface area contributed by atoms with E-state index in [1.165, 1.54) is 5.56 Å². The van der Waals surface area contributed by atoms with Crippen LogP contribution >= 0.6 is 0 Å². The minimum absolute atomic E-state index is 0.0866. The fraction of sp³-hybridized carbons (Fsp3) is 0.429. The van der Waals surface area contributed by atoms with Gasteiger partial charge in [-0.05, 0) is 36.5 Å². The van der Waals surface area contributed by atoms with Gasteiger partial charge in [-0.1, -0.05) is 26.0 Å². The molecule has 2 aromatic rings. The van der Waals surface area contributed by atoms with Crippen LogP contribution in [-0.4, -0.2) is 34.9 Å². The van der Waals surface area contributed by atoms with Crippen LogP contribution in [-0.2, 0) is 9.59 Å². The summed E-state index contributed by atoms with van der Waals surface area (Å²) in [6.45, 7) is 5.82. The third-order valence-corrected chi connectivity index (χ3v) is 5.51. The average Bonchev–Trinajstić information content (AvgIpc) is 3.22. The molecule has 3 N–H and O–H groups in total. The highest BCUT2D eigenvalue weighted by molar-refractivity contribution is 6.04. The lowest BCUT2D eigenvalue weighted by atomic mass is 9.92. The normalized spacial score (nSPS) is 18.5. The number of fused-ring (bicyclic) bond motifs is 1. The zero-order chi connectivity index (χ0) is 20.5. The minimum Gasteiger partial charge on any atom is -0.342 e. The Morgan fingerprint density at radius 2 is 1.86 bits per heavy atom. The van der Waals surface area contributed by atoms with Gasteiger partial charge >= 0.3 is 0 Å². The van der Waals surface area contributed by atoms with Gasteiger partial charge in [0, 0.05) is 25.2 Å². The summed E-state index contributed by atoms with van der Waals surface area (Å²) in [7, 11) is 0. The minimum atomic E-state index is -0.882. The zero-order valence-electron chi connectivity index (χ0n) is 16.6. The SMILES string of the molecule is CC(C)c1ccc(NC(=O)C2CC(=O)Nc3nc(N4CCCC4)[nH]c(=O)c32)cc1. The largest absolute Gasteiger partial charge is 0.342 e. The van der Waals surface area contributed by atoms with Crippen LogP contribution in [0.4, 0.5) is 17.5 Å². The first kappa shape index (κ1) is 19.2. The third kappa shape index (κ3) is 3.87. The van der Waals surface area contributed by atoms with E-state index in [1.807, 2.05) is 29.2 Å². The van der Waals surface area contributed by atoms with E-state index >= 15 is 0 Å². The summed E-state index contributed by atoms with van der Waals surface area (Å²) in [6, 6.07) is 7.57. The number of H-pyrrole nitrogens is 1. The van der Waals surface area contributed by atoms with Crippen molar-refractivity contribution >= 4 is 29.3 Å². The van der Waals surface area contributed by atoms with Gasteiger partial charge in [-0.3, -0.25) is 19.4 Å². The molecule has 152 valence electrons. The summed E-state index contributed by atoms with van der Waals surface area (Å²) in [5, 5.41) is 5.48. The van der Waals surface area contributed by atoms with E-state index in [4.69, 9.17) is 0 Å². The topological polar surface area (TPSA) is 107 Å². The smallest absolute Gasteiger partial charge is 0.258 e. The van der Waals surface area contributed by atoms with Crippen LogP contribution in [0.25, 0.3) is 0 Å². The van der Waals surface area contributed by atoms with E-state index in [2.05, 4.69) is 34.4 Å². The Balaban J connectivity index is 1.61. The van der Waals surface area contributed by atoms with E-state index < -0.39 is 5.92 Å². The van der Waals surface area contributed by atoms with Gasteiger partial charge in [-0.25, -0.2) is 0 Å². The van der Waals surface area contributed by atoms with Crippen molar-refractivity contribution in [1.29, 1.82) is 0 Å². The van der Waals surface area contributed by atoms with Crippen molar-refractivity contribution in [3.63, 3.8) is 0 Å². The second-order valence-electron chi connectivity index (χ2n) is 7.92. The lowest BCUT2D eigenvalue weighted by Crippen LogP contribution is -2.37. The van der Waals surface area contributed by atoms with Gasteiger partial charge in [-0.15, -0.1) is 0 Å². The molecule has 8 heteroatoms. The van der Waals surface area contributed by atoms with Crippen LogP contribution in [0.3, 0.4) is 0 Å².